The normalized spacial score (nSPS) is 22.4. The van der Waals surface area contributed by atoms with Crippen LogP contribution in [-0.2, 0) is 12.8 Å². The molecule has 0 radical (unpaired) electrons. The third-order valence-electron chi connectivity index (χ3n) is 7.40. The first-order valence-corrected chi connectivity index (χ1v) is 12.9. The highest BCUT2D eigenvalue weighted by Gasteiger charge is 2.29. The van der Waals surface area contributed by atoms with E-state index in [1.165, 1.54) is 12.8 Å². The minimum atomic E-state index is -0.551. The lowest BCUT2D eigenvalue weighted by Crippen LogP contribution is -2.35. The second-order valence-electron chi connectivity index (χ2n) is 10.2. The van der Waals surface area contributed by atoms with Gasteiger partial charge in [-0.15, -0.1) is 17.5 Å². The number of fused-ring (bicyclic) bond motifs is 1. The summed E-state index contributed by atoms with van der Waals surface area (Å²) in [5.74, 6) is 0.984. The molecular formula is C26H38ClN7O. The van der Waals surface area contributed by atoms with E-state index in [1.54, 1.807) is 0 Å². The molecular weight excluding hydrogens is 462 g/mol. The van der Waals surface area contributed by atoms with Crippen molar-refractivity contribution in [2.75, 3.05) is 23.3 Å². The highest BCUT2D eigenvalue weighted by atomic mass is 35.5. The van der Waals surface area contributed by atoms with Gasteiger partial charge in [0, 0.05) is 25.2 Å². The summed E-state index contributed by atoms with van der Waals surface area (Å²) in [6.07, 6.45) is 9.63. The van der Waals surface area contributed by atoms with Crippen molar-refractivity contribution >= 4 is 29.6 Å². The number of hydrogen-bond acceptors (Lipinski definition) is 7. The van der Waals surface area contributed by atoms with Gasteiger partial charge in [0.2, 0.25) is 0 Å². The molecule has 0 unspecified atom stereocenters. The molecule has 2 fully saturated rings. The van der Waals surface area contributed by atoms with Crippen LogP contribution in [-0.4, -0.2) is 54.4 Å². The zero-order valence-electron chi connectivity index (χ0n) is 21.3. The van der Waals surface area contributed by atoms with Crippen molar-refractivity contribution in [3.63, 3.8) is 0 Å². The van der Waals surface area contributed by atoms with E-state index in [-0.39, 0.29) is 12.4 Å². The summed E-state index contributed by atoms with van der Waals surface area (Å²) in [6.45, 7) is 10.3. The van der Waals surface area contributed by atoms with E-state index in [0.29, 0.717) is 6.04 Å². The van der Waals surface area contributed by atoms with Gasteiger partial charge in [0.15, 0.2) is 11.5 Å². The number of nitrogens with zero attached hydrogens (tertiary/aromatic N) is 6. The van der Waals surface area contributed by atoms with E-state index in [4.69, 9.17) is 20.1 Å². The minimum absolute atomic E-state index is 0. The van der Waals surface area contributed by atoms with Crippen molar-refractivity contribution < 1.29 is 5.11 Å². The molecule has 0 aromatic carbocycles. The first kappa shape index (κ1) is 25.6. The predicted molar refractivity (Wildman–Crippen MR) is 143 cm³/mol. The zero-order chi connectivity index (χ0) is 23.9. The molecule has 1 aliphatic carbocycles. The maximum Gasteiger partial charge on any atom is 0.177 e. The Balaban J connectivity index is 0.00000289. The van der Waals surface area contributed by atoms with Gasteiger partial charge in [-0.1, -0.05) is 13.8 Å². The Kier molecular flexibility index (Phi) is 7.52. The van der Waals surface area contributed by atoms with Crippen molar-refractivity contribution in [3.8, 4) is 11.4 Å². The average molecular weight is 500 g/mol. The first-order chi connectivity index (χ1) is 16.4. The number of aromatic nitrogens is 5. The highest BCUT2D eigenvalue weighted by Crippen LogP contribution is 2.33. The smallest absolute Gasteiger partial charge is 0.177 e. The summed E-state index contributed by atoms with van der Waals surface area (Å²) in [6, 6.07) is 2.47. The maximum absolute atomic E-state index is 10.4. The van der Waals surface area contributed by atoms with Gasteiger partial charge in [-0.2, -0.15) is 0 Å². The molecule has 5 rings (SSSR count). The number of halogens is 1. The van der Waals surface area contributed by atoms with Crippen LogP contribution >= 0.6 is 12.4 Å². The SMILES string of the molecule is CCc1nc(C)c(-c2cn3nc(N4CCCC4)cc(NC4CCC(C)(O)CC4)c3n2)nc1CC.Cl. The van der Waals surface area contributed by atoms with Gasteiger partial charge in [-0.05, 0) is 65.2 Å². The fourth-order valence-corrected chi connectivity index (χ4v) is 5.30. The molecule has 4 heterocycles. The van der Waals surface area contributed by atoms with Crippen LogP contribution in [0.1, 0.15) is 76.4 Å². The summed E-state index contributed by atoms with van der Waals surface area (Å²) < 4.78 is 1.91. The molecule has 0 spiro atoms. The molecule has 190 valence electrons. The van der Waals surface area contributed by atoms with E-state index in [9.17, 15) is 5.11 Å². The minimum Gasteiger partial charge on any atom is -0.390 e. The van der Waals surface area contributed by atoms with Gasteiger partial charge in [0.1, 0.15) is 11.4 Å². The van der Waals surface area contributed by atoms with Crippen LogP contribution in [0.25, 0.3) is 17.0 Å². The fraction of sp³-hybridized carbons (Fsp3) is 0.615. The van der Waals surface area contributed by atoms with E-state index < -0.39 is 5.60 Å². The van der Waals surface area contributed by atoms with Gasteiger partial charge >= 0.3 is 0 Å². The number of hydrogen-bond donors (Lipinski definition) is 2. The average Bonchev–Trinajstić information content (AvgIpc) is 3.50. The number of aliphatic hydroxyl groups is 1. The molecule has 1 saturated heterocycles. The van der Waals surface area contributed by atoms with Gasteiger partial charge in [-0.25, -0.2) is 14.5 Å². The summed E-state index contributed by atoms with van der Waals surface area (Å²) in [5, 5.41) is 19.1. The summed E-state index contributed by atoms with van der Waals surface area (Å²) in [5.41, 5.74) is 5.92. The molecule has 3 aromatic heterocycles. The Morgan fingerprint density at radius 1 is 1.06 bits per heavy atom. The molecule has 3 aromatic rings. The molecule has 0 bridgehead atoms. The van der Waals surface area contributed by atoms with Crippen LogP contribution in [0.2, 0.25) is 0 Å². The topological polar surface area (TPSA) is 91.5 Å². The van der Waals surface area contributed by atoms with Crippen LogP contribution in [0.15, 0.2) is 12.3 Å². The van der Waals surface area contributed by atoms with Gasteiger partial charge in [0.05, 0.1) is 34.6 Å². The number of imidazole rings is 1. The fourth-order valence-electron chi connectivity index (χ4n) is 5.30. The lowest BCUT2D eigenvalue weighted by molar-refractivity contribution is 0.0196. The number of rotatable bonds is 6. The van der Waals surface area contributed by atoms with Crippen LogP contribution < -0.4 is 10.2 Å². The number of anilines is 2. The summed E-state index contributed by atoms with van der Waals surface area (Å²) in [7, 11) is 0. The molecule has 35 heavy (non-hydrogen) atoms. The molecule has 2 N–H and O–H groups in total. The van der Waals surface area contributed by atoms with Crippen LogP contribution in [0.5, 0.6) is 0 Å². The zero-order valence-corrected chi connectivity index (χ0v) is 22.2. The van der Waals surface area contributed by atoms with E-state index in [0.717, 1.165) is 97.2 Å². The first-order valence-electron chi connectivity index (χ1n) is 12.9. The Morgan fingerprint density at radius 2 is 1.71 bits per heavy atom. The van der Waals surface area contributed by atoms with Crippen molar-refractivity contribution in [1.29, 1.82) is 0 Å². The van der Waals surface area contributed by atoms with Crippen LogP contribution in [0, 0.1) is 6.92 Å². The van der Waals surface area contributed by atoms with Gasteiger partial charge in [0.25, 0.3) is 0 Å². The van der Waals surface area contributed by atoms with Gasteiger partial charge in [-0.3, -0.25) is 4.98 Å². The Labute approximate surface area is 214 Å². The van der Waals surface area contributed by atoms with E-state index >= 15 is 0 Å². The number of nitrogens with one attached hydrogen (secondary N) is 1. The lowest BCUT2D eigenvalue weighted by atomic mass is 9.83. The van der Waals surface area contributed by atoms with Crippen molar-refractivity contribution in [2.24, 2.45) is 0 Å². The van der Waals surface area contributed by atoms with Crippen molar-refractivity contribution in [2.45, 2.75) is 90.7 Å². The van der Waals surface area contributed by atoms with Gasteiger partial charge < -0.3 is 15.3 Å². The molecule has 2 aliphatic rings. The molecule has 9 heteroatoms. The van der Waals surface area contributed by atoms with Crippen LogP contribution in [0.3, 0.4) is 0 Å². The standard InChI is InChI=1S/C26H37N7O.ClH/c1-5-19-20(6-2)29-24(17(3)27-19)22-16-33-25(30-22)21(15-23(31-33)32-13-7-8-14-32)28-18-9-11-26(4,34)12-10-18;/h15-16,18,28,34H,5-14H2,1-4H3;1H. The molecule has 0 amide bonds. The van der Waals surface area contributed by atoms with E-state index in [2.05, 4.69) is 30.1 Å². The monoisotopic (exact) mass is 499 g/mol. The largest absolute Gasteiger partial charge is 0.390 e. The second kappa shape index (κ2) is 10.3. The lowest BCUT2D eigenvalue weighted by Gasteiger charge is -2.34. The Morgan fingerprint density at radius 3 is 2.37 bits per heavy atom. The van der Waals surface area contributed by atoms with Crippen molar-refractivity contribution in [1.82, 2.24) is 24.6 Å². The number of aryl methyl sites for hydroxylation is 3. The van der Waals surface area contributed by atoms with Crippen molar-refractivity contribution in [3.05, 3.63) is 29.3 Å². The third-order valence-corrected chi connectivity index (χ3v) is 7.40. The predicted octanol–water partition coefficient (Wildman–Crippen LogP) is 4.75. The second-order valence-corrected chi connectivity index (χ2v) is 10.2. The molecule has 8 nitrogen and oxygen atoms in total. The third kappa shape index (κ3) is 5.23. The maximum atomic E-state index is 10.4. The summed E-state index contributed by atoms with van der Waals surface area (Å²) in [4.78, 5) is 17.2. The molecule has 0 atom stereocenters. The Hall–Kier alpha value is -2.45. The highest BCUT2D eigenvalue weighted by molar-refractivity contribution is 5.85. The van der Waals surface area contributed by atoms with E-state index in [1.807, 2.05) is 24.6 Å². The summed E-state index contributed by atoms with van der Waals surface area (Å²) >= 11 is 0. The Bertz CT molecular complexity index is 1180. The molecule has 1 aliphatic heterocycles. The van der Waals surface area contributed by atoms with Crippen LogP contribution in [0.4, 0.5) is 11.5 Å². The molecule has 1 saturated carbocycles. The quantitative estimate of drug-likeness (QED) is 0.505.